The molecule has 0 radical (unpaired) electrons. The number of ether oxygens (including phenoxy) is 3. The molecule has 0 aromatic heterocycles. The second-order valence-corrected chi connectivity index (χ2v) is 9.42. The summed E-state index contributed by atoms with van der Waals surface area (Å²) in [5, 5.41) is 6.67. The van der Waals surface area contributed by atoms with Crippen LogP contribution in [-0.4, -0.2) is 78.9 Å². The van der Waals surface area contributed by atoms with Crippen molar-refractivity contribution in [3.63, 3.8) is 0 Å². The summed E-state index contributed by atoms with van der Waals surface area (Å²) >= 11 is 0.707. The van der Waals surface area contributed by atoms with Crippen LogP contribution in [0, 0.1) is 0 Å². The van der Waals surface area contributed by atoms with Gasteiger partial charge in [-0.2, -0.15) is 0 Å². The molecule has 0 bridgehead atoms. The number of carbonyl (C=O) groups excluding carboxylic acids is 5. The Kier molecular flexibility index (Phi) is 12.7. The Bertz CT molecular complexity index is 741. The lowest BCUT2D eigenvalue weighted by Gasteiger charge is -2.20. The van der Waals surface area contributed by atoms with Crippen molar-refractivity contribution < 1.29 is 38.2 Å². The summed E-state index contributed by atoms with van der Waals surface area (Å²) in [5.74, 6) is -1.99. The van der Waals surface area contributed by atoms with Gasteiger partial charge in [0.15, 0.2) is 0 Å². The van der Waals surface area contributed by atoms with Gasteiger partial charge in [-0.1, -0.05) is 0 Å². The number of nitrogens with two attached hydrogens (primary N) is 1. The average Bonchev–Trinajstić information content (AvgIpc) is 3.53. The standard InChI is InChI=1S/C22H36N4O8S/c1-2-32-22(31)35-13-17(19(28)24-12-18(27)33-14-7-3-4-8-14)26-21(30)25-11-16(23)20(29)34-15-9-5-6-10-15/h14-17H,2-13,23H2,1H3,(H,24,28)(H2,25,26,30)/t16-,17-/m0/s1. The smallest absolute Gasteiger partial charge is 0.367 e. The van der Waals surface area contributed by atoms with Gasteiger partial charge in [0.05, 0.1) is 6.61 Å². The van der Waals surface area contributed by atoms with Gasteiger partial charge >= 0.3 is 23.3 Å². The second-order valence-electron chi connectivity index (χ2n) is 8.46. The van der Waals surface area contributed by atoms with Gasteiger partial charge < -0.3 is 35.9 Å². The first-order chi connectivity index (χ1) is 16.8. The molecule has 0 saturated heterocycles. The summed E-state index contributed by atoms with van der Waals surface area (Å²) in [5.41, 5.74) is 5.80. The Labute approximate surface area is 209 Å². The normalized spacial score (nSPS) is 17.8. The molecule has 2 fully saturated rings. The molecule has 0 aliphatic heterocycles. The van der Waals surface area contributed by atoms with E-state index in [1.54, 1.807) is 6.92 Å². The Morgan fingerprint density at radius 3 is 2.14 bits per heavy atom. The molecule has 12 nitrogen and oxygen atoms in total. The fourth-order valence-electron chi connectivity index (χ4n) is 3.76. The number of hydrogen-bond acceptors (Lipinski definition) is 10. The highest BCUT2D eigenvalue weighted by Crippen LogP contribution is 2.21. The molecule has 2 aliphatic carbocycles. The summed E-state index contributed by atoms with van der Waals surface area (Å²) in [7, 11) is 0. The lowest BCUT2D eigenvalue weighted by Crippen LogP contribution is -2.54. The molecule has 2 atom stereocenters. The van der Waals surface area contributed by atoms with Gasteiger partial charge in [0.25, 0.3) is 0 Å². The Balaban J connectivity index is 1.80. The minimum Gasteiger partial charge on any atom is -0.461 e. The summed E-state index contributed by atoms with van der Waals surface area (Å²) in [4.78, 5) is 60.7. The van der Waals surface area contributed by atoms with Gasteiger partial charge in [-0.15, -0.1) is 0 Å². The molecular formula is C22H36N4O8S. The van der Waals surface area contributed by atoms with Crippen LogP contribution in [0.5, 0.6) is 0 Å². The predicted octanol–water partition coefficient (Wildman–Crippen LogP) is 0.959. The van der Waals surface area contributed by atoms with Crippen molar-refractivity contribution in [1.82, 2.24) is 16.0 Å². The minimum atomic E-state index is -1.16. The molecule has 13 heteroatoms. The van der Waals surface area contributed by atoms with Gasteiger partial charge in [0.1, 0.15) is 30.8 Å². The molecular weight excluding hydrogens is 480 g/mol. The van der Waals surface area contributed by atoms with Crippen molar-refractivity contribution in [2.45, 2.75) is 82.6 Å². The predicted molar refractivity (Wildman–Crippen MR) is 127 cm³/mol. The average molecular weight is 517 g/mol. The van der Waals surface area contributed by atoms with Crippen LogP contribution >= 0.6 is 11.8 Å². The van der Waals surface area contributed by atoms with E-state index in [-0.39, 0.29) is 37.7 Å². The van der Waals surface area contributed by atoms with Crippen molar-refractivity contribution in [3.05, 3.63) is 0 Å². The minimum absolute atomic E-state index is 0.133. The molecule has 3 amide bonds. The zero-order chi connectivity index (χ0) is 25.6. The number of nitrogens with one attached hydrogen (secondary N) is 3. The second kappa shape index (κ2) is 15.5. The first kappa shape index (κ1) is 28.7. The zero-order valence-electron chi connectivity index (χ0n) is 20.0. The van der Waals surface area contributed by atoms with Crippen LogP contribution in [0.15, 0.2) is 0 Å². The lowest BCUT2D eigenvalue weighted by molar-refractivity contribution is -0.150. The van der Waals surface area contributed by atoms with E-state index < -0.39 is 41.3 Å². The van der Waals surface area contributed by atoms with Crippen molar-refractivity contribution in [1.29, 1.82) is 0 Å². The topological polar surface area (TPSA) is 175 Å². The van der Waals surface area contributed by atoms with Crippen LogP contribution in [0.2, 0.25) is 0 Å². The summed E-state index contributed by atoms with van der Waals surface area (Å²) < 4.78 is 15.4. The Morgan fingerprint density at radius 2 is 1.54 bits per heavy atom. The maximum absolute atomic E-state index is 12.6. The maximum atomic E-state index is 12.6. The van der Waals surface area contributed by atoms with Gasteiger partial charge in [-0.05, 0) is 70.1 Å². The zero-order valence-corrected chi connectivity index (χ0v) is 20.9. The molecule has 2 rings (SSSR count). The third-order valence-corrected chi connectivity index (χ3v) is 6.48. The largest absolute Gasteiger partial charge is 0.461 e. The van der Waals surface area contributed by atoms with E-state index in [1.165, 1.54) is 0 Å². The van der Waals surface area contributed by atoms with Crippen molar-refractivity contribution in [2.24, 2.45) is 5.73 Å². The Morgan fingerprint density at radius 1 is 0.943 bits per heavy atom. The molecule has 0 aromatic rings. The molecule has 2 aliphatic rings. The quantitative estimate of drug-likeness (QED) is 0.216. The third kappa shape index (κ3) is 11.2. The van der Waals surface area contributed by atoms with E-state index in [0.717, 1.165) is 51.4 Å². The molecule has 2 saturated carbocycles. The number of thioether (sulfide) groups is 1. The highest BCUT2D eigenvalue weighted by molar-refractivity contribution is 8.13. The SMILES string of the molecule is CCOC(=O)SC[C@H](NC(=O)NC[C@H](N)C(=O)OC1CCCC1)C(=O)NCC(=O)OC1CCCC1. The first-order valence-electron chi connectivity index (χ1n) is 12.1. The number of rotatable bonds is 12. The van der Waals surface area contributed by atoms with Crippen LogP contribution in [0.25, 0.3) is 0 Å². The highest BCUT2D eigenvalue weighted by atomic mass is 32.2. The molecule has 0 heterocycles. The van der Waals surface area contributed by atoms with Crippen LogP contribution < -0.4 is 21.7 Å². The van der Waals surface area contributed by atoms with Crippen LogP contribution in [0.1, 0.15) is 58.3 Å². The van der Waals surface area contributed by atoms with Gasteiger partial charge in [0.2, 0.25) is 5.91 Å². The number of carbonyl (C=O) groups is 5. The molecule has 0 unspecified atom stereocenters. The maximum Gasteiger partial charge on any atom is 0.367 e. The van der Waals surface area contributed by atoms with Crippen molar-refractivity contribution in [3.8, 4) is 0 Å². The summed E-state index contributed by atoms with van der Waals surface area (Å²) in [6, 6.07) is -2.99. The summed E-state index contributed by atoms with van der Waals surface area (Å²) in [6.45, 7) is 1.24. The van der Waals surface area contributed by atoms with Gasteiger partial charge in [-0.3, -0.25) is 14.4 Å². The van der Waals surface area contributed by atoms with E-state index in [1.807, 2.05) is 0 Å². The van der Waals surface area contributed by atoms with Crippen molar-refractivity contribution >= 4 is 40.9 Å². The monoisotopic (exact) mass is 516 g/mol. The number of amides is 3. The summed E-state index contributed by atoms with van der Waals surface area (Å²) in [6.07, 6.45) is 6.92. The van der Waals surface area contributed by atoms with Gasteiger partial charge in [0, 0.05) is 12.3 Å². The fourth-order valence-corrected chi connectivity index (χ4v) is 4.50. The van der Waals surface area contributed by atoms with E-state index in [0.29, 0.717) is 11.8 Å². The van der Waals surface area contributed by atoms with E-state index in [2.05, 4.69) is 16.0 Å². The molecule has 198 valence electrons. The van der Waals surface area contributed by atoms with Crippen LogP contribution in [-0.2, 0) is 28.6 Å². The molecule has 35 heavy (non-hydrogen) atoms. The number of hydrogen-bond donors (Lipinski definition) is 4. The first-order valence-corrected chi connectivity index (χ1v) is 13.0. The molecule has 0 spiro atoms. The third-order valence-electron chi connectivity index (χ3n) is 5.63. The van der Waals surface area contributed by atoms with Crippen molar-refractivity contribution in [2.75, 3.05) is 25.4 Å². The number of urea groups is 1. The van der Waals surface area contributed by atoms with E-state index in [4.69, 9.17) is 19.9 Å². The molecule has 0 aromatic carbocycles. The van der Waals surface area contributed by atoms with E-state index in [9.17, 15) is 24.0 Å². The lowest BCUT2D eigenvalue weighted by atomic mass is 10.3. The molecule has 5 N–H and O–H groups in total. The van der Waals surface area contributed by atoms with Gasteiger partial charge in [-0.25, -0.2) is 9.59 Å². The Hall–Kier alpha value is -2.54. The number of esters is 2. The van der Waals surface area contributed by atoms with Crippen LogP contribution in [0.4, 0.5) is 9.59 Å². The highest BCUT2D eigenvalue weighted by Gasteiger charge is 2.26. The fraction of sp³-hybridized carbons (Fsp3) is 0.773. The van der Waals surface area contributed by atoms with Crippen LogP contribution in [0.3, 0.4) is 0 Å². The van der Waals surface area contributed by atoms with E-state index >= 15 is 0 Å².